The van der Waals surface area contributed by atoms with Gasteiger partial charge in [0.05, 0.1) is 0 Å². The van der Waals surface area contributed by atoms with Crippen LogP contribution in [-0.4, -0.2) is 10.4 Å². The maximum Gasteiger partial charge on any atom is 0.142 e. The number of nitrogens with zero attached hydrogens (tertiary/aromatic N) is 1. The molecule has 3 N–H and O–H groups in total. The van der Waals surface area contributed by atoms with E-state index in [-0.39, 0.29) is 0 Å². The van der Waals surface area contributed by atoms with Gasteiger partial charge in [0.2, 0.25) is 0 Å². The Hall–Kier alpha value is -0.770. The molecule has 1 aromatic rings. The summed E-state index contributed by atoms with van der Waals surface area (Å²) < 4.78 is 4.32. The van der Waals surface area contributed by atoms with Crippen LogP contribution in [0.15, 0.2) is 0 Å². The molecular formula is C13H21N3S. The van der Waals surface area contributed by atoms with Crippen molar-refractivity contribution in [2.75, 3.05) is 11.1 Å². The third-order valence-electron chi connectivity index (χ3n) is 3.88. The van der Waals surface area contributed by atoms with E-state index in [0.29, 0.717) is 12.0 Å². The lowest BCUT2D eigenvalue weighted by Gasteiger charge is -2.17. The summed E-state index contributed by atoms with van der Waals surface area (Å²) in [6.45, 7) is 2.27. The van der Waals surface area contributed by atoms with E-state index in [1.807, 2.05) is 0 Å². The van der Waals surface area contributed by atoms with Gasteiger partial charge in [-0.15, -0.1) is 0 Å². The molecule has 0 aromatic carbocycles. The van der Waals surface area contributed by atoms with E-state index in [4.69, 9.17) is 5.73 Å². The third-order valence-corrected chi connectivity index (χ3v) is 4.69. The average molecular weight is 251 g/mol. The smallest absolute Gasteiger partial charge is 0.142 e. The first-order chi connectivity index (χ1) is 8.28. The molecule has 0 aliphatic heterocycles. The highest BCUT2D eigenvalue weighted by Gasteiger charge is 2.32. The Morgan fingerprint density at radius 3 is 2.76 bits per heavy atom. The Morgan fingerprint density at radius 1 is 1.41 bits per heavy atom. The highest BCUT2D eigenvalue weighted by atomic mass is 32.1. The first kappa shape index (κ1) is 11.3. The van der Waals surface area contributed by atoms with Crippen LogP contribution in [0.1, 0.15) is 56.9 Å². The second kappa shape index (κ2) is 4.48. The lowest BCUT2D eigenvalue weighted by atomic mass is 10.1. The van der Waals surface area contributed by atoms with Crippen molar-refractivity contribution in [3.63, 3.8) is 0 Å². The molecule has 4 heteroatoms. The van der Waals surface area contributed by atoms with Crippen LogP contribution < -0.4 is 11.1 Å². The summed E-state index contributed by atoms with van der Waals surface area (Å²) in [5.41, 5.74) is 7.28. The Labute approximate surface area is 107 Å². The Kier molecular flexibility index (Phi) is 2.99. The molecule has 3 nitrogen and oxygen atoms in total. The summed E-state index contributed by atoms with van der Waals surface area (Å²) in [7, 11) is 0. The van der Waals surface area contributed by atoms with Gasteiger partial charge in [0, 0.05) is 11.6 Å². The Balaban J connectivity index is 1.69. The highest BCUT2D eigenvalue weighted by molar-refractivity contribution is 7.10. The van der Waals surface area contributed by atoms with E-state index in [1.165, 1.54) is 49.1 Å². The third kappa shape index (κ3) is 2.57. The number of aromatic nitrogens is 1. The van der Waals surface area contributed by atoms with E-state index in [1.54, 1.807) is 11.5 Å². The largest absolute Gasteiger partial charge is 0.383 e. The molecule has 1 unspecified atom stereocenters. The summed E-state index contributed by atoms with van der Waals surface area (Å²) in [4.78, 5) is 0. The van der Waals surface area contributed by atoms with E-state index in [9.17, 15) is 0 Å². The molecule has 0 amide bonds. The number of hydrogen-bond acceptors (Lipinski definition) is 4. The van der Waals surface area contributed by atoms with Gasteiger partial charge in [-0.1, -0.05) is 19.8 Å². The second-order valence-corrected chi connectivity index (χ2v) is 6.29. The molecule has 1 heterocycles. The minimum atomic E-state index is 0.611. The Morgan fingerprint density at radius 2 is 2.18 bits per heavy atom. The predicted molar refractivity (Wildman–Crippen MR) is 73.5 cm³/mol. The number of hydrogen-bond donors (Lipinski definition) is 2. The summed E-state index contributed by atoms with van der Waals surface area (Å²) in [6.07, 6.45) is 7.95. The van der Waals surface area contributed by atoms with Crippen LogP contribution in [0, 0.1) is 5.92 Å². The fourth-order valence-electron chi connectivity index (χ4n) is 2.45. The van der Waals surface area contributed by atoms with Crippen LogP contribution >= 0.6 is 11.5 Å². The summed E-state index contributed by atoms with van der Waals surface area (Å²) >= 11 is 1.55. The van der Waals surface area contributed by atoms with Crippen molar-refractivity contribution in [1.29, 1.82) is 0 Å². The molecule has 0 spiro atoms. The van der Waals surface area contributed by atoms with Crippen LogP contribution in [0.3, 0.4) is 0 Å². The molecule has 2 fully saturated rings. The second-order valence-electron chi connectivity index (χ2n) is 5.51. The van der Waals surface area contributed by atoms with Gasteiger partial charge in [-0.3, -0.25) is 0 Å². The molecule has 2 aliphatic carbocycles. The zero-order valence-electron chi connectivity index (χ0n) is 10.4. The highest BCUT2D eigenvalue weighted by Crippen LogP contribution is 2.48. The van der Waals surface area contributed by atoms with Crippen molar-refractivity contribution >= 4 is 22.4 Å². The molecule has 17 heavy (non-hydrogen) atoms. The van der Waals surface area contributed by atoms with Crippen molar-refractivity contribution in [2.24, 2.45) is 5.92 Å². The minimum Gasteiger partial charge on any atom is -0.383 e. The molecule has 94 valence electrons. The van der Waals surface area contributed by atoms with Gasteiger partial charge in [0.1, 0.15) is 10.8 Å². The van der Waals surface area contributed by atoms with Gasteiger partial charge in [-0.05, 0) is 49.1 Å². The molecular weight excluding hydrogens is 230 g/mol. The van der Waals surface area contributed by atoms with Gasteiger partial charge < -0.3 is 11.1 Å². The van der Waals surface area contributed by atoms with Crippen molar-refractivity contribution in [2.45, 2.75) is 57.4 Å². The summed E-state index contributed by atoms with van der Waals surface area (Å²) in [5, 5.41) is 4.93. The van der Waals surface area contributed by atoms with Crippen molar-refractivity contribution in [3.8, 4) is 0 Å². The summed E-state index contributed by atoms with van der Waals surface area (Å²) in [6, 6.07) is 0.611. The van der Waals surface area contributed by atoms with Gasteiger partial charge >= 0.3 is 0 Å². The van der Waals surface area contributed by atoms with Crippen molar-refractivity contribution in [3.05, 3.63) is 5.56 Å². The lowest BCUT2D eigenvalue weighted by molar-refractivity contribution is 0.587. The van der Waals surface area contributed by atoms with E-state index < -0.39 is 0 Å². The van der Waals surface area contributed by atoms with Crippen LogP contribution in [0.5, 0.6) is 0 Å². The molecule has 0 bridgehead atoms. The quantitative estimate of drug-likeness (QED) is 0.812. The molecule has 1 aromatic heterocycles. The molecule has 3 rings (SSSR count). The summed E-state index contributed by atoms with van der Waals surface area (Å²) in [5.74, 6) is 2.43. The number of anilines is 2. The minimum absolute atomic E-state index is 0.611. The van der Waals surface area contributed by atoms with Crippen LogP contribution in [0.25, 0.3) is 0 Å². The monoisotopic (exact) mass is 251 g/mol. The predicted octanol–water partition coefficient (Wildman–Crippen LogP) is 3.59. The van der Waals surface area contributed by atoms with Crippen LogP contribution in [0.4, 0.5) is 10.8 Å². The van der Waals surface area contributed by atoms with E-state index >= 15 is 0 Å². The molecule has 2 saturated carbocycles. The van der Waals surface area contributed by atoms with Gasteiger partial charge in [-0.2, -0.15) is 4.37 Å². The topological polar surface area (TPSA) is 50.9 Å². The normalized spacial score (nSPS) is 21.5. The molecule has 0 radical (unpaired) electrons. The van der Waals surface area contributed by atoms with Crippen LogP contribution in [0.2, 0.25) is 0 Å². The zero-order valence-corrected chi connectivity index (χ0v) is 11.2. The molecule has 2 aliphatic rings. The SMILES string of the molecule is CCC(CC1CC1)Nc1snc(N)c1C1CC1. The zero-order chi connectivity index (χ0) is 11.8. The first-order valence-electron chi connectivity index (χ1n) is 6.79. The van der Waals surface area contributed by atoms with Gasteiger partial charge in [-0.25, -0.2) is 0 Å². The number of rotatable bonds is 6. The van der Waals surface area contributed by atoms with Crippen LogP contribution in [-0.2, 0) is 0 Å². The Bertz CT molecular complexity index is 393. The maximum atomic E-state index is 5.97. The first-order valence-corrected chi connectivity index (χ1v) is 7.56. The van der Waals surface area contributed by atoms with Crippen molar-refractivity contribution in [1.82, 2.24) is 4.37 Å². The fraction of sp³-hybridized carbons (Fsp3) is 0.769. The number of nitrogens with two attached hydrogens (primary N) is 1. The fourth-order valence-corrected chi connectivity index (χ4v) is 3.33. The van der Waals surface area contributed by atoms with Gasteiger partial charge in [0.25, 0.3) is 0 Å². The van der Waals surface area contributed by atoms with Crippen molar-refractivity contribution < 1.29 is 0 Å². The maximum absolute atomic E-state index is 5.97. The van der Waals surface area contributed by atoms with Gasteiger partial charge in [0.15, 0.2) is 0 Å². The molecule has 1 atom stereocenters. The lowest BCUT2D eigenvalue weighted by Crippen LogP contribution is -2.19. The van der Waals surface area contributed by atoms with E-state index in [2.05, 4.69) is 16.6 Å². The number of nitrogens with one attached hydrogen (secondary N) is 1. The number of nitrogen functional groups attached to an aromatic ring is 1. The molecule has 0 saturated heterocycles. The standard InChI is InChI=1S/C13H21N3S/c1-2-10(7-8-3-4-8)15-13-11(9-5-6-9)12(14)16-17-13/h8-10,15H,2-7H2,1H3,(H2,14,16). The average Bonchev–Trinajstić information content (AvgIpc) is 3.20. The van der Waals surface area contributed by atoms with E-state index in [0.717, 1.165) is 11.7 Å².